The molecule has 3 aliphatic rings. The Labute approximate surface area is 217 Å². The fourth-order valence-corrected chi connectivity index (χ4v) is 8.38. The Morgan fingerprint density at radius 1 is 1.19 bits per heavy atom. The molecule has 9 nitrogen and oxygen atoms in total. The molecule has 37 heavy (non-hydrogen) atoms. The zero-order valence-corrected chi connectivity index (χ0v) is 22.2. The quantitative estimate of drug-likeness (QED) is 0.313. The van der Waals surface area contributed by atoms with Gasteiger partial charge < -0.3 is 31.9 Å². The number of fused-ring (bicyclic) bond motifs is 3. The molecule has 8 atom stereocenters. The molecule has 1 aromatic carbocycles. The smallest absolute Gasteiger partial charge is 0.230 e. The summed E-state index contributed by atoms with van der Waals surface area (Å²) >= 11 is 0. The molecule has 2 fully saturated rings. The van der Waals surface area contributed by atoms with Gasteiger partial charge in [-0.2, -0.15) is 0 Å². The number of aromatic hydroxyl groups is 1. The summed E-state index contributed by atoms with van der Waals surface area (Å²) in [6.45, 7) is 9.18. The number of carbonyl (C=O) groups excluding carboxylic acids is 3. The first-order valence-corrected chi connectivity index (χ1v) is 13.1. The van der Waals surface area contributed by atoms with Gasteiger partial charge >= 0.3 is 0 Å². The summed E-state index contributed by atoms with van der Waals surface area (Å²) in [5.41, 5.74) is 8.66. The molecule has 0 aliphatic heterocycles. The second-order valence-corrected chi connectivity index (χ2v) is 12.3. The van der Waals surface area contributed by atoms with Gasteiger partial charge in [-0.25, -0.2) is 0 Å². The second kappa shape index (κ2) is 8.86. The summed E-state index contributed by atoms with van der Waals surface area (Å²) in [6, 6.07) is 1.83. The van der Waals surface area contributed by atoms with Crippen LogP contribution in [0.2, 0.25) is 0 Å². The van der Waals surface area contributed by atoms with Gasteiger partial charge in [0.2, 0.25) is 5.91 Å². The van der Waals surface area contributed by atoms with Crippen LogP contribution < -0.4 is 11.5 Å². The molecule has 0 bridgehead atoms. The van der Waals surface area contributed by atoms with Crippen LogP contribution in [-0.4, -0.2) is 55.7 Å². The fraction of sp³-hybridized carbons (Fsp3) is 0.679. The Kier molecular flexibility index (Phi) is 6.64. The van der Waals surface area contributed by atoms with Crippen molar-refractivity contribution in [2.24, 2.45) is 46.0 Å². The second-order valence-electron chi connectivity index (χ2n) is 12.3. The van der Waals surface area contributed by atoms with Crippen LogP contribution in [0, 0.1) is 34.5 Å². The Bertz CT molecular complexity index is 1170. The molecule has 0 heterocycles. The maximum atomic E-state index is 14.1. The predicted molar refractivity (Wildman–Crippen MR) is 135 cm³/mol. The molecule has 0 radical (unpaired) electrons. The average molecular weight is 517 g/mol. The Morgan fingerprint density at radius 2 is 1.81 bits per heavy atom. The van der Waals surface area contributed by atoms with E-state index in [1.54, 1.807) is 6.92 Å². The average Bonchev–Trinajstić information content (AvgIpc) is 2.77. The number of aliphatic hydroxyl groups excluding tert-OH is 2. The normalized spacial score (nSPS) is 39.2. The molecule has 8 N–H and O–H groups in total. The molecule has 2 unspecified atom stereocenters. The van der Waals surface area contributed by atoms with Crippen LogP contribution in [0.3, 0.4) is 0 Å². The van der Waals surface area contributed by atoms with Gasteiger partial charge in [-0.1, -0.05) is 47.1 Å². The van der Waals surface area contributed by atoms with E-state index >= 15 is 0 Å². The number of aliphatic hydroxyl groups is 3. The Hall–Kier alpha value is -2.33. The maximum Gasteiger partial charge on any atom is 0.230 e. The number of phenols is 1. The minimum absolute atomic E-state index is 0.0162. The van der Waals surface area contributed by atoms with E-state index in [0.717, 1.165) is 12.0 Å². The summed E-state index contributed by atoms with van der Waals surface area (Å²) < 4.78 is 0. The van der Waals surface area contributed by atoms with Gasteiger partial charge in [0, 0.05) is 17.5 Å². The first kappa shape index (κ1) is 27.7. The lowest BCUT2D eigenvalue weighted by atomic mass is 9.39. The minimum Gasteiger partial charge on any atom is -0.507 e. The van der Waals surface area contributed by atoms with Gasteiger partial charge in [-0.05, 0) is 47.6 Å². The van der Waals surface area contributed by atoms with Gasteiger partial charge in [0.25, 0.3) is 0 Å². The molecule has 1 amide bonds. The molecular formula is C28H40N2O7. The van der Waals surface area contributed by atoms with Gasteiger partial charge in [-0.15, -0.1) is 0 Å². The Morgan fingerprint density at radius 3 is 2.32 bits per heavy atom. The van der Waals surface area contributed by atoms with E-state index in [4.69, 9.17) is 11.5 Å². The molecule has 9 heteroatoms. The number of carbonyl (C=O) groups is 3. The molecule has 2 saturated carbocycles. The summed E-state index contributed by atoms with van der Waals surface area (Å²) in [6.07, 6.45) is -1.40. The largest absolute Gasteiger partial charge is 0.507 e. The van der Waals surface area contributed by atoms with Gasteiger partial charge in [0.1, 0.15) is 17.8 Å². The number of benzene rings is 1. The lowest BCUT2D eigenvalue weighted by Crippen LogP contribution is -2.79. The first-order valence-electron chi connectivity index (χ1n) is 13.1. The molecule has 0 spiro atoms. The van der Waals surface area contributed by atoms with E-state index in [0.29, 0.717) is 24.0 Å². The van der Waals surface area contributed by atoms with Crippen LogP contribution in [0.4, 0.5) is 0 Å². The Balaban J connectivity index is 1.98. The number of rotatable bonds is 5. The van der Waals surface area contributed by atoms with Crippen molar-refractivity contribution in [3.63, 3.8) is 0 Å². The highest BCUT2D eigenvalue weighted by molar-refractivity contribution is 6.09. The molecule has 204 valence electrons. The monoisotopic (exact) mass is 516 g/mol. The summed E-state index contributed by atoms with van der Waals surface area (Å²) in [7, 11) is 0. The van der Waals surface area contributed by atoms with Crippen molar-refractivity contribution < 1.29 is 34.8 Å². The number of hydrogen-bond donors (Lipinski definition) is 6. The molecule has 1 aromatic rings. The number of phenolic OH excluding ortho intramolecular Hbond substituents is 1. The number of nitrogens with two attached hydrogens (primary N) is 2. The number of ketones is 2. The van der Waals surface area contributed by atoms with Crippen molar-refractivity contribution in [2.75, 3.05) is 0 Å². The molecule has 4 rings (SSSR count). The van der Waals surface area contributed by atoms with Crippen molar-refractivity contribution in [3.8, 4) is 5.75 Å². The third-order valence-corrected chi connectivity index (χ3v) is 9.69. The maximum absolute atomic E-state index is 14.1. The van der Waals surface area contributed by atoms with Crippen LogP contribution in [-0.2, 0) is 29.0 Å². The third-order valence-electron chi connectivity index (χ3n) is 9.69. The summed E-state index contributed by atoms with van der Waals surface area (Å²) in [5.74, 6) is -6.95. The van der Waals surface area contributed by atoms with Gasteiger partial charge in [0.05, 0.1) is 17.6 Å². The van der Waals surface area contributed by atoms with Crippen molar-refractivity contribution in [1.82, 2.24) is 0 Å². The molecule has 0 aromatic heterocycles. The number of amides is 1. The van der Waals surface area contributed by atoms with Gasteiger partial charge in [-0.3, -0.25) is 14.4 Å². The topological polar surface area (TPSA) is 184 Å². The zero-order valence-electron chi connectivity index (χ0n) is 22.2. The van der Waals surface area contributed by atoms with E-state index < -0.39 is 63.9 Å². The standard InChI is InChI=1S/C28H40N2O7/c1-6-7-13-8-14(10-29)20(31)16-15(13)9-26(4)11-27(5)18(12(2)3)22(33)17(25(30)36)23(34)28(27,37)24(35)19(26)21(16)32/h8,12,17-19,22,24,31,33,35,37H,6-7,9-11,29H2,1-5H3,(H2,30,36)/t17-,18+,19-,22?,24?,26-,27-,28+/m1/s1. The van der Waals surface area contributed by atoms with E-state index in [1.165, 1.54) is 0 Å². The minimum atomic E-state index is -2.51. The van der Waals surface area contributed by atoms with Crippen molar-refractivity contribution in [2.45, 2.75) is 84.7 Å². The predicted octanol–water partition coefficient (Wildman–Crippen LogP) is 0.984. The van der Waals surface area contributed by atoms with Crippen LogP contribution in [0.25, 0.3) is 0 Å². The fourth-order valence-electron chi connectivity index (χ4n) is 8.38. The molecule has 3 aliphatic carbocycles. The number of Topliss-reactive ketones (excluding diaryl/α,β-unsaturated/α-hetero) is 2. The number of primary amides is 1. The van der Waals surface area contributed by atoms with Crippen LogP contribution in [0.5, 0.6) is 5.75 Å². The number of aryl methyl sites for hydroxylation is 1. The highest BCUT2D eigenvalue weighted by Crippen LogP contribution is 2.65. The molecular weight excluding hydrogens is 476 g/mol. The van der Waals surface area contributed by atoms with Gasteiger partial charge in [0.15, 0.2) is 17.2 Å². The molecule has 0 saturated heterocycles. The highest BCUT2D eigenvalue weighted by Gasteiger charge is 2.75. The zero-order chi connectivity index (χ0) is 27.8. The summed E-state index contributed by atoms with van der Waals surface area (Å²) in [5, 5.41) is 46.2. The third kappa shape index (κ3) is 3.47. The van der Waals surface area contributed by atoms with E-state index in [9.17, 15) is 34.8 Å². The SMILES string of the molecule is CCCc1cc(CN)c(O)c2c1C[C@]1(C)C[C@]3(C)[C@@H](C(C)C)C(O)[C@@H](C(N)=O)C(=O)[C@]3(O)C(O)[C@H]1C2=O. The van der Waals surface area contributed by atoms with Crippen LogP contribution in [0.15, 0.2) is 6.07 Å². The van der Waals surface area contributed by atoms with Crippen molar-refractivity contribution >= 4 is 17.5 Å². The number of hydrogen-bond acceptors (Lipinski definition) is 8. The van der Waals surface area contributed by atoms with E-state index in [2.05, 4.69) is 0 Å². The van der Waals surface area contributed by atoms with E-state index in [-0.39, 0.29) is 30.2 Å². The van der Waals surface area contributed by atoms with Crippen LogP contribution in [0.1, 0.15) is 74.5 Å². The lowest BCUT2D eigenvalue weighted by molar-refractivity contribution is -0.265. The van der Waals surface area contributed by atoms with Crippen LogP contribution >= 0.6 is 0 Å². The van der Waals surface area contributed by atoms with Crippen molar-refractivity contribution in [3.05, 3.63) is 28.3 Å². The van der Waals surface area contributed by atoms with E-state index in [1.807, 2.05) is 33.8 Å². The lowest BCUT2D eigenvalue weighted by Gasteiger charge is -2.66. The highest BCUT2D eigenvalue weighted by atomic mass is 16.4. The summed E-state index contributed by atoms with van der Waals surface area (Å²) in [4.78, 5) is 40.1. The van der Waals surface area contributed by atoms with Crippen molar-refractivity contribution in [1.29, 1.82) is 0 Å². The first-order chi connectivity index (χ1) is 17.1.